The lowest BCUT2D eigenvalue weighted by Gasteiger charge is -2.36. The van der Waals surface area contributed by atoms with Gasteiger partial charge in [0, 0.05) is 45.8 Å². The van der Waals surface area contributed by atoms with Gasteiger partial charge < -0.3 is 19.5 Å². The highest BCUT2D eigenvalue weighted by Crippen LogP contribution is 2.09. The monoisotopic (exact) mass is 499 g/mol. The molecule has 0 unspecified atom stereocenters. The van der Waals surface area contributed by atoms with Crippen LogP contribution in [0.15, 0.2) is 45.9 Å². The molecule has 8 heteroatoms. The SMILES string of the molecule is CCc1cc(CNC(=NC)N2CCN(CCOc3ccccc3)CC2)on1.I. The van der Waals surface area contributed by atoms with Crippen LogP contribution in [0.3, 0.4) is 0 Å². The highest BCUT2D eigenvalue weighted by Gasteiger charge is 2.19. The zero-order valence-corrected chi connectivity index (χ0v) is 19.0. The van der Waals surface area contributed by atoms with E-state index in [0.717, 1.165) is 62.3 Å². The molecule has 0 aliphatic carbocycles. The minimum absolute atomic E-state index is 0. The molecular weight excluding hydrogens is 469 g/mol. The number of rotatable bonds is 7. The van der Waals surface area contributed by atoms with Gasteiger partial charge in [-0.3, -0.25) is 9.89 Å². The fourth-order valence-corrected chi connectivity index (χ4v) is 3.10. The number of aryl methyl sites for hydroxylation is 1. The topological polar surface area (TPSA) is 66.1 Å². The maximum Gasteiger partial charge on any atom is 0.194 e. The summed E-state index contributed by atoms with van der Waals surface area (Å²) in [5.41, 5.74) is 0.980. The van der Waals surface area contributed by atoms with Crippen LogP contribution < -0.4 is 10.1 Å². The van der Waals surface area contributed by atoms with E-state index in [2.05, 4.69) is 32.2 Å². The number of para-hydroxylation sites is 1. The minimum Gasteiger partial charge on any atom is -0.492 e. The summed E-state index contributed by atoms with van der Waals surface area (Å²) in [4.78, 5) is 9.12. The number of halogens is 1. The number of hydrogen-bond donors (Lipinski definition) is 1. The Kier molecular flexibility index (Phi) is 9.56. The van der Waals surface area contributed by atoms with Crippen molar-refractivity contribution in [2.45, 2.75) is 19.9 Å². The standard InChI is InChI=1S/C20H29N5O2.HI/c1-3-17-15-19(27-23-17)16-22-20(21-2)25-11-9-24(10-12-25)13-14-26-18-7-5-4-6-8-18;/h4-8,15H,3,9-14,16H2,1-2H3,(H,21,22);1H. The molecule has 7 nitrogen and oxygen atoms in total. The molecule has 2 heterocycles. The summed E-state index contributed by atoms with van der Waals surface area (Å²) in [6.45, 7) is 8.21. The lowest BCUT2D eigenvalue weighted by atomic mass is 10.3. The van der Waals surface area contributed by atoms with Crippen molar-refractivity contribution in [2.24, 2.45) is 4.99 Å². The fourth-order valence-electron chi connectivity index (χ4n) is 3.10. The minimum atomic E-state index is 0. The number of nitrogens with one attached hydrogen (secondary N) is 1. The molecule has 0 atom stereocenters. The number of hydrogen-bond acceptors (Lipinski definition) is 5. The Morgan fingerprint density at radius 1 is 1.21 bits per heavy atom. The first-order valence-electron chi connectivity index (χ1n) is 9.58. The second-order valence-corrected chi connectivity index (χ2v) is 6.53. The summed E-state index contributed by atoms with van der Waals surface area (Å²) in [6.07, 6.45) is 0.883. The van der Waals surface area contributed by atoms with Crippen molar-refractivity contribution in [3.63, 3.8) is 0 Å². The Bertz CT molecular complexity index is 714. The van der Waals surface area contributed by atoms with E-state index < -0.39 is 0 Å². The molecule has 0 bridgehead atoms. The average molecular weight is 499 g/mol. The number of guanidine groups is 1. The van der Waals surface area contributed by atoms with Gasteiger partial charge in [0.05, 0.1) is 12.2 Å². The van der Waals surface area contributed by atoms with Gasteiger partial charge in [-0.25, -0.2) is 0 Å². The summed E-state index contributed by atoms with van der Waals surface area (Å²) in [5.74, 6) is 2.67. The Morgan fingerprint density at radius 2 is 1.96 bits per heavy atom. The molecule has 0 amide bonds. The quantitative estimate of drug-likeness (QED) is 0.359. The lowest BCUT2D eigenvalue weighted by Crippen LogP contribution is -2.52. The largest absolute Gasteiger partial charge is 0.492 e. The third-order valence-corrected chi connectivity index (χ3v) is 4.69. The first-order chi connectivity index (χ1) is 13.3. The van der Waals surface area contributed by atoms with Gasteiger partial charge in [-0.15, -0.1) is 24.0 Å². The van der Waals surface area contributed by atoms with E-state index in [4.69, 9.17) is 9.26 Å². The van der Waals surface area contributed by atoms with Gasteiger partial charge in [-0.05, 0) is 18.6 Å². The summed E-state index contributed by atoms with van der Waals surface area (Å²) in [7, 11) is 1.82. The van der Waals surface area contributed by atoms with E-state index in [0.29, 0.717) is 13.2 Å². The molecule has 3 rings (SSSR count). The van der Waals surface area contributed by atoms with Gasteiger partial charge in [0.2, 0.25) is 0 Å². The zero-order valence-electron chi connectivity index (χ0n) is 16.6. The van der Waals surface area contributed by atoms with Gasteiger partial charge >= 0.3 is 0 Å². The van der Waals surface area contributed by atoms with Crippen LogP contribution in [0.25, 0.3) is 0 Å². The van der Waals surface area contributed by atoms with Crippen molar-refractivity contribution in [3.8, 4) is 5.75 Å². The third-order valence-electron chi connectivity index (χ3n) is 4.69. The molecule has 1 aliphatic rings. The fraction of sp³-hybridized carbons (Fsp3) is 0.500. The molecule has 154 valence electrons. The van der Waals surface area contributed by atoms with E-state index in [1.54, 1.807) is 0 Å². The first kappa shape index (κ1) is 22.5. The molecule has 1 fully saturated rings. The van der Waals surface area contributed by atoms with Crippen LogP contribution in [0.5, 0.6) is 5.75 Å². The Labute approximate surface area is 184 Å². The van der Waals surface area contributed by atoms with Crippen molar-refractivity contribution in [2.75, 3.05) is 46.4 Å². The second-order valence-electron chi connectivity index (χ2n) is 6.53. The zero-order chi connectivity index (χ0) is 18.9. The predicted octanol–water partition coefficient (Wildman–Crippen LogP) is 2.63. The number of nitrogens with zero attached hydrogens (tertiary/aromatic N) is 4. The molecule has 1 N–H and O–H groups in total. The summed E-state index contributed by atoms with van der Waals surface area (Å²) < 4.78 is 11.1. The van der Waals surface area contributed by atoms with Crippen LogP contribution in [-0.4, -0.2) is 67.3 Å². The van der Waals surface area contributed by atoms with Crippen molar-refractivity contribution in [1.29, 1.82) is 0 Å². The molecule has 0 spiro atoms. The summed E-state index contributed by atoms with van der Waals surface area (Å²) >= 11 is 0. The average Bonchev–Trinajstić information content (AvgIpc) is 3.18. The number of aliphatic imine (C=N–C) groups is 1. The van der Waals surface area contributed by atoms with Gasteiger partial charge in [-0.1, -0.05) is 30.3 Å². The van der Waals surface area contributed by atoms with E-state index in [9.17, 15) is 0 Å². The lowest BCUT2D eigenvalue weighted by molar-refractivity contribution is 0.152. The van der Waals surface area contributed by atoms with E-state index >= 15 is 0 Å². The van der Waals surface area contributed by atoms with Crippen molar-refractivity contribution in [1.82, 2.24) is 20.3 Å². The van der Waals surface area contributed by atoms with E-state index in [1.165, 1.54) is 0 Å². The number of benzene rings is 1. The van der Waals surface area contributed by atoms with Crippen LogP contribution in [0.2, 0.25) is 0 Å². The molecule has 0 saturated carbocycles. The van der Waals surface area contributed by atoms with Crippen molar-refractivity contribution in [3.05, 3.63) is 47.9 Å². The molecule has 1 aliphatic heterocycles. The highest BCUT2D eigenvalue weighted by molar-refractivity contribution is 14.0. The first-order valence-corrected chi connectivity index (χ1v) is 9.58. The van der Waals surface area contributed by atoms with E-state index in [-0.39, 0.29) is 24.0 Å². The Balaban J connectivity index is 0.00000280. The Morgan fingerprint density at radius 3 is 2.61 bits per heavy atom. The normalized spacial score (nSPS) is 15.2. The highest BCUT2D eigenvalue weighted by atomic mass is 127. The number of ether oxygens (including phenoxy) is 1. The third kappa shape index (κ3) is 6.66. The van der Waals surface area contributed by atoms with Crippen LogP contribution in [-0.2, 0) is 13.0 Å². The number of piperazine rings is 1. The molecule has 28 heavy (non-hydrogen) atoms. The van der Waals surface area contributed by atoms with Gasteiger partial charge in [-0.2, -0.15) is 0 Å². The molecule has 2 aromatic rings. The van der Waals surface area contributed by atoms with Crippen LogP contribution in [0.4, 0.5) is 0 Å². The molecule has 1 aromatic heterocycles. The molecule has 1 aromatic carbocycles. The Hall–Kier alpha value is -1.81. The smallest absolute Gasteiger partial charge is 0.194 e. The maximum atomic E-state index is 5.80. The van der Waals surface area contributed by atoms with Crippen LogP contribution in [0.1, 0.15) is 18.4 Å². The van der Waals surface area contributed by atoms with Crippen LogP contribution >= 0.6 is 24.0 Å². The van der Waals surface area contributed by atoms with Gasteiger partial charge in [0.25, 0.3) is 0 Å². The van der Waals surface area contributed by atoms with E-state index in [1.807, 2.05) is 43.4 Å². The number of aromatic nitrogens is 1. The maximum absolute atomic E-state index is 5.80. The summed E-state index contributed by atoms with van der Waals surface area (Å²) in [6, 6.07) is 12.0. The van der Waals surface area contributed by atoms with Crippen molar-refractivity contribution >= 4 is 29.9 Å². The van der Waals surface area contributed by atoms with Crippen molar-refractivity contribution < 1.29 is 9.26 Å². The summed E-state index contributed by atoms with van der Waals surface area (Å²) in [5, 5.41) is 7.40. The predicted molar refractivity (Wildman–Crippen MR) is 121 cm³/mol. The molecular formula is C20H30IN5O2. The molecule has 0 radical (unpaired) electrons. The second kappa shape index (κ2) is 11.9. The van der Waals surface area contributed by atoms with Crippen LogP contribution in [0, 0.1) is 0 Å². The molecule has 1 saturated heterocycles. The van der Waals surface area contributed by atoms with Gasteiger partial charge in [0.15, 0.2) is 11.7 Å². The van der Waals surface area contributed by atoms with Gasteiger partial charge in [0.1, 0.15) is 12.4 Å².